The third-order valence-electron chi connectivity index (χ3n) is 6.42. The Bertz CT molecular complexity index is 1280. The van der Waals surface area contributed by atoms with Gasteiger partial charge in [0.25, 0.3) is 5.91 Å². The quantitative estimate of drug-likeness (QED) is 0.312. The molecule has 3 heterocycles. The van der Waals surface area contributed by atoms with E-state index in [4.69, 9.17) is 9.40 Å². The van der Waals surface area contributed by atoms with E-state index in [0.717, 1.165) is 60.1 Å². The lowest BCUT2D eigenvalue weighted by molar-refractivity contribution is 0.102. The van der Waals surface area contributed by atoms with Crippen molar-refractivity contribution in [2.75, 3.05) is 25.0 Å². The minimum atomic E-state index is -0.160. The van der Waals surface area contributed by atoms with Gasteiger partial charge in [0.15, 0.2) is 0 Å². The van der Waals surface area contributed by atoms with Crippen molar-refractivity contribution in [1.29, 1.82) is 0 Å². The third kappa shape index (κ3) is 5.78. The Morgan fingerprint density at radius 3 is 2.69 bits per heavy atom. The number of aryl methyl sites for hydroxylation is 1. The number of likely N-dealkylation sites (tertiary alicyclic amines) is 1. The van der Waals surface area contributed by atoms with Gasteiger partial charge in [-0.25, -0.2) is 4.98 Å². The summed E-state index contributed by atoms with van der Waals surface area (Å²) in [4.78, 5) is 20.2. The number of aromatic nitrogens is 1. The lowest BCUT2D eigenvalue weighted by atomic mass is 9.97. The van der Waals surface area contributed by atoms with Crippen LogP contribution in [-0.4, -0.2) is 35.4 Å². The number of nitrogens with one attached hydrogen (secondary N) is 1. The van der Waals surface area contributed by atoms with E-state index < -0.39 is 0 Å². The van der Waals surface area contributed by atoms with E-state index in [1.54, 1.807) is 17.6 Å². The van der Waals surface area contributed by atoms with E-state index in [-0.39, 0.29) is 5.91 Å². The highest BCUT2D eigenvalue weighted by Crippen LogP contribution is 2.32. The van der Waals surface area contributed by atoms with E-state index >= 15 is 0 Å². The van der Waals surface area contributed by atoms with Gasteiger partial charge in [0.05, 0.1) is 11.3 Å². The number of nitrogens with zero attached hydrogens (tertiary/aromatic N) is 2. The first-order valence-corrected chi connectivity index (χ1v) is 12.9. The summed E-state index contributed by atoms with van der Waals surface area (Å²) in [7, 11) is 0. The number of carbonyl (C=O) groups excluding carboxylic acids is 1. The number of benzene rings is 2. The number of hydrogen-bond donors (Lipinski definition) is 1. The summed E-state index contributed by atoms with van der Waals surface area (Å²) in [5.41, 5.74) is 4.58. The molecule has 1 N–H and O–H groups in total. The Balaban J connectivity index is 1.18. The summed E-state index contributed by atoms with van der Waals surface area (Å²) in [6, 6.07) is 20.1. The zero-order chi connectivity index (χ0) is 24.0. The van der Waals surface area contributed by atoms with Crippen molar-refractivity contribution in [3.05, 3.63) is 100 Å². The number of amides is 1. The summed E-state index contributed by atoms with van der Waals surface area (Å²) < 4.78 is 5.35. The van der Waals surface area contributed by atoms with Crippen LogP contribution in [0, 0.1) is 6.92 Å². The molecule has 1 fully saturated rings. The first-order valence-electron chi connectivity index (χ1n) is 12.0. The molecular weight excluding hydrogens is 454 g/mol. The van der Waals surface area contributed by atoms with Gasteiger partial charge in [-0.2, -0.15) is 0 Å². The van der Waals surface area contributed by atoms with E-state index in [1.807, 2.05) is 47.9 Å². The molecule has 0 atom stereocenters. The minimum Gasteiger partial charge on any atom is -0.465 e. The fourth-order valence-corrected chi connectivity index (χ4v) is 5.38. The standard InChI is InChI=1S/C29H29N3O2S/c1-21-10-12-22(13-11-21)25-8-2-3-9-26(25)30-28(33)27-20-35-29(31-27)23-14-17-32(18-15-23)16-4-6-24-7-5-19-34-24/h2-13,19-20,23H,14-18H2,1H3,(H,30,33)/b6-4-. The summed E-state index contributed by atoms with van der Waals surface area (Å²) >= 11 is 1.60. The Morgan fingerprint density at radius 1 is 1.11 bits per heavy atom. The number of anilines is 1. The molecule has 0 bridgehead atoms. The van der Waals surface area contributed by atoms with Crippen LogP contribution < -0.4 is 5.32 Å². The second-order valence-electron chi connectivity index (χ2n) is 8.93. The summed E-state index contributed by atoms with van der Waals surface area (Å²) in [5.74, 6) is 1.13. The summed E-state index contributed by atoms with van der Waals surface area (Å²) in [6.07, 6.45) is 7.98. The molecule has 1 saturated heterocycles. The number of thiazole rings is 1. The highest BCUT2D eigenvalue weighted by Gasteiger charge is 2.23. The van der Waals surface area contributed by atoms with E-state index in [9.17, 15) is 4.79 Å². The molecule has 1 aliphatic heterocycles. The van der Waals surface area contributed by atoms with Gasteiger partial charge >= 0.3 is 0 Å². The zero-order valence-electron chi connectivity index (χ0n) is 19.8. The molecule has 1 aliphatic rings. The van der Waals surface area contributed by atoms with E-state index in [2.05, 4.69) is 47.5 Å². The predicted molar refractivity (Wildman–Crippen MR) is 143 cm³/mol. The van der Waals surface area contributed by atoms with Crippen LogP contribution in [0.15, 0.2) is 82.8 Å². The van der Waals surface area contributed by atoms with Crippen LogP contribution in [0.3, 0.4) is 0 Å². The van der Waals surface area contributed by atoms with Crippen molar-refractivity contribution in [1.82, 2.24) is 9.88 Å². The van der Waals surface area contributed by atoms with Crippen LogP contribution in [0.2, 0.25) is 0 Å². The normalized spacial score (nSPS) is 15.0. The number of furan rings is 1. The Hall–Kier alpha value is -3.48. The molecule has 35 heavy (non-hydrogen) atoms. The maximum atomic E-state index is 13.0. The van der Waals surface area contributed by atoms with Gasteiger partial charge < -0.3 is 9.73 Å². The molecule has 0 spiro atoms. The smallest absolute Gasteiger partial charge is 0.275 e. The third-order valence-corrected chi connectivity index (χ3v) is 7.43. The topological polar surface area (TPSA) is 58.4 Å². The number of carbonyl (C=O) groups is 1. The van der Waals surface area contributed by atoms with Crippen LogP contribution in [0.25, 0.3) is 17.2 Å². The molecule has 6 heteroatoms. The Kier molecular flexibility index (Phi) is 7.21. The lowest BCUT2D eigenvalue weighted by Gasteiger charge is -2.30. The van der Waals surface area contributed by atoms with Crippen LogP contribution in [0.5, 0.6) is 0 Å². The highest BCUT2D eigenvalue weighted by atomic mass is 32.1. The van der Waals surface area contributed by atoms with Crippen molar-refractivity contribution in [3.8, 4) is 11.1 Å². The van der Waals surface area contributed by atoms with Crippen molar-refractivity contribution >= 4 is 29.0 Å². The molecular formula is C29H29N3O2S. The average Bonchev–Trinajstić information content (AvgIpc) is 3.58. The number of piperidine rings is 1. The molecule has 5 nitrogen and oxygen atoms in total. The monoisotopic (exact) mass is 483 g/mol. The predicted octanol–water partition coefficient (Wildman–Crippen LogP) is 6.86. The fraction of sp³-hybridized carbons (Fsp3) is 0.241. The van der Waals surface area contributed by atoms with Crippen molar-refractivity contribution < 1.29 is 9.21 Å². The van der Waals surface area contributed by atoms with E-state index in [1.165, 1.54) is 5.56 Å². The second kappa shape index (κ2) is 10.8. The second-order valence-corrected chi connectivity index (χ2v) is 9.82. The number of hydrogen-bond acceptors (Lipinski definition) is 5. The van der Waals surface area contributed by atoms with Crippen molar-refractivity contribution in [2.24, 2.45) is 0 Å². The number of rotatable bonds is 7. The first kappa shape index (κ1) is 23.3. The maximum absolute atomic E-state index is 13.0. The molecule has 5 rings (SSSR count). The minimum absolute atomic E-state index is 0.160. The average molecular weight is 484 g/mol. The summed E-state index contributed by atoms with van der Waals surface area (Å²) in [5, 5.41) is 6.03. The van der Waals surface area contributed by atoms with Crippen LogP contribution in [0.1, 0.15) is 45.6 Å². The van der Waals surface area contributed by atoms with Crippen molar-refractivity contribution in [2.45, 2.75) is 25.7 Å². The molecule has 2 aromatic carbocycles. The molecule has 0 unspecified atom stereocenters. The van der Waals surface area contributed by atoms with Crippen LogP contribution >= 0.6 is 11.3 Å². The van der Waals surface area contributed by atoms with E-state index in [0.29, 0.717) is 11.6 Å². The van der Waals surface area contributed by atoms with Crippen LogP contribution in [-0.2, 0) is 0 Å². The molecule has 0 aliphatic carbocycles. The van der Waals surface area contributed by atoms with Crippen LogP contribution in [0.4, 0.5) is 5.69 Å². The highest BCUT2D eigenvalue weighted by molar-refractivity contribution is 7.10. The Morgan fingerprint density at radius 2 is 1.91 bits per heavy atom. The fourth-order valence-electron chi connectivity index (χ4n) is 4.41. The lowest BCUT2D eigenvalue weighted by Crippen LogP contribution is -2.33. The van der Waals surface area contributed by atoms with Gasteiger partial charge in [-0.3, -0.25) is 9.69 Å². The maximum Gasteiger partial charge on any atom is 0.275 e. The van der Waals surface area contributed by atoms with Gasteiger partial charge in [0, 0.05) is 29.1 Å². The molecule has 0 radical (unpaired) electrons. The van der Waals surface area contributed by atoms with Gasteiger partial charge in [0.2, 0.25) is 0 Å². The number of para-hydroxylation sites is 1. The molecule has 2 aromatic heterocycles. The largest absolute Gasteiger partial charge is 0.465 e. The van der Waals surface area contributed by atoms with Gasteiger partial charge in [-0.1, -0.05) is 54.1 Å². The van der Waals surface area contributed by atoms with Gasteiger partial charge in [-0.05, 0) is 62.7 Å². The SMILES string of the molecule is Cc1ccc(-c2ccccc2NC(=O)c2csc(C3CCN(C/C=C\c4ccco4)CC3)n2)cc1. The van der Waals surface area contributed by atoms with Gasteiger partial charge in [0.1, 0.15) is 11.5 Å². The molecule has 0 saturated carbocycles. The Labute approximate surface area is 210 Å². The first-order chi connectivity index (χ1) is 17.2. The van der Waals surface area contributed by atoms with Gasteiger partial charge in [-0.15, -0.1) is 11.3 Å². The summed E-state index contributed by atoms with van der Waals surface area (Å²) in [6.45, 7) is 5.04. The van der Waals surface area contributed by atoms with Crippen molar-refractivity contribution in [3.63, 3.8) is 0 Å². The molecule has 178 valence electrons. The molecule has 1 amide bonds. The zero-order valence-corrected chi connectivity index (χ0v) is 20.6. The molecule has 4 aromatic rings.